The number of rotatable bonds is 2. The first-order chi connectivity index (χ1) is 15.9. The molecule has 33 heavy (non-hydrogen) atoms. The summed E-state index contributed by atoms with van der Waals surface area (Å²) in [5.74, 6) is 0.410. The number of nitrogens with two attached hydrogens (primary N) is 1. The smallest absolute Gasteiger partial charge is 0.281 e. The van der Waals surface area contributed by atoms with Crippen LogP contribution in [0.5, 0.6) is 5.95 Å². The highest BCUT2D eigenvalue weighted by molar-refractivity contribution is 6.18. The number of aliphatic imine (C=N–C) groups is 1. The zero-order valence-electron chi connectivity index (χ0n) is 20.7. The topological polar surface area (TPSA) is 92.1 Å². The van der Waals surface area contributed by atoms with Crippen LogP contribution in [0.3, 0.4) is 0 Å². The van der Waals surface area contributed by atoms with Crippen molar-refractivity contribution in [3.8, 4) is 5.95 Å². The van der Waals surface area contributed by atoms with Crippen LogP contribution in [-0.2, 0) is 4.79 Å². The third kappa shape index (κ3) is 10.4. The maximum absolute atomic E-state index is 11.3. The lowest BCUT2D eigenvalue weighted by Crippen LogP contribution is -2.37. The van der Waals surface area contributed by atoms with Crippen LogP contribution in [0.2, 0.25) is 0 Å². The van der Waals surface area contributed by atoms with Gasteiger partial charge in [0, 0.05) is 12.1 Å². The second kappa shape index (κ2) is 14.7. The molecular weight excluding hydrogens is 414 g/mol. The van der Waals surface area contributed by atoms with E-state index in [0.29, 0.717) is 18.0 Å². The maximum Gasteiger partial charge on any atom is 0.281 e. The van der Waals surface area contributed by atoms with Gasteiger partial charge < -0.3 is 20.2 Å². The SMILES string of the molecule is C1CCCCCCC1.CC1CC(N(C)C)CCC1N=C1C=CC(=O)C(N)=C1.Oc1ccco1. The second-order valence-corrected chi connectivity index (χ2v) is 9.61. The number of carbonyl (C=O) groups is 1. The van der Waals surface area contributed by atoms with Crippen molar-refractivity contribution in [2.75, 3.05) is 14.1 Å². The molecule has 2 saturated carbocycles. The molecule has 4 rings (SSSR count). The Morgan fingerprint density at radius 2 is 1.64 bits per heavy atom. The fraction of sp³-hybridized carbons (Fsp3) is 0.630. The number of aromatic hydroxyl groups is 1. The lowest BCUT2D eigenvalue weighted by Gasteiger charge is -2.35. The Morgan fingerprint density at radius 3 is 2.03 bits per heavy atom. The monoisotopic (exact) mass is 457 g/mol. The van der Waals surface area contributed by atoms with Gasteiger partial charge in [-0.1, -0.05) is 58.3 Å². The summed E-state index contributed by atoms with van der Waals surface area (Å²) in [4.78, 5) is 18.3. The molecule has 6 nitrogen and oxygen atoms in total. The number of furan rings is 1. The van der Waals surface area contributed by atoms with E-state index in [1.165, 1.54) is 82.6 Å². The predicted molar refractivity (Wildman–Crippen MR) is 135 cm³/mol. The van der Waals surface area contributed by atoms with E-state index >= 15 is 0 Å². The molecule has 3 aliphatic rings. The van der Waals surface area contributed by atoms with Crippen molar-refractivity contribution in [1.29, 1.82) is 0 Å². The molecular formula is C27H43N3O3. The van der Waals surface area contributed by atoms with Gasteiger partial charge in [0.05, 0.1) is 23.7 Å². The van der Waals surface area contributed by atoms with E-state index in [4.69, 9.17) is 15.8 Å². The Bertz CT molecular complexity index is 757. The maximum atomic E-state index is 11.3. The van der Waals surface area contributed by atoms with Gasteiger partial charge in [-0.3, -0.25) is 9.79 Å². The van der Waals surface area contributed by atoms with Crippen molar-refractivity contribution in [2.24, 2.45) is 16.6 Å². The van der Waals surface area contributed by atoms with Crippen LogP contribution in [0.25, 0.3) is 0 Å². The molecule has 0 spiro atoms. The molecule has 6 heteroatoms. The summed E-state index contributed by atoms with van der Waals surface area (Å²) >= 11 is 0. The summed E-state index contributed by atoms with van der Waals surface area (Å²) < 4.78 is 4.39. The van der Waals surface area contributed by atoms with E-state index in [9.17, 15) is 4.79 Å². The molecule has 2 fully saturated rings. The molecule has 3 atom stereocenters. The molecule has 3 N–H and O–H groups in total. The average molecular weight is 458 g/mol. The molecule has 1 heterocycles. The average Bonchev–Trinajstić information content (AvgIpc) is 3.23. The van der Waals surface area contributed by atoms with Gasteiger partial charge in [-0.25, -0.2) is 0 Å². The second-order valence-electron chi connectivity index (χ2n) is 9.61. The molecule has 184 valence electrons. The van der Waals surface area contributed by atoms with Crippen molar-refractivity contribution in [2.45, 2.75) is 89.6 Å². The third-order valence-corrected chi connectivity index (χ3v) is 6.64. The van der Waals surface area contributed by atoms with E-state index in [1.54, 1.807) is 18.2 Å². The molecule has 0 bridgehead atoms. The number of allylic oxidation sites excluding steroid dienone is 3. The first-order valence-corrected chi connectivity index (χ1v) is 12.5. The molecule has 0 aromatic carbocycles. The van der Waals surface area contributed by atoms with Crippen molar-refractivity contribution in [1.82, 2.24) is 4.90 Å². The summed E-state index contributed by atoms with van der Waals surface area (Å²) in [6, 6.07) is 4.10. The highest BCUT2D eigenvalue weighted by atomic mass is 16.5. The van der Waals surface area contributed by atoms with Crippen molar-refractivity contribution in [3.05, 3.63) is 42.3 Å². The van der Waals surface area contributed by atoms with Gasteiger partial charge in [0.2, 0.25) is 5.78 Å². The zero-order chi connectivity index (χ0) is 24.1. The highest BCUT2D eigenvalue weighted by Crippen LogP contribution is 2.29. The minimum absolute atomic E-state index is 0.0324. The quantitative estimate of drug-likeness (QED) is 0.561. The fourth-order valence-corrected chi connectivity index (χ4v) is 4.50. The number of hydrogen-bond acceptors (Lipinski definition) is 6. The normalized spacial score (nSPS) is 26.9. The first-order valence-electron chi connectivity index (χ1n) is 12.5. The standard InChI is InChI=1S/C15H23N3O.C8H16.C4H4O2/c1-10-8-12(18(2)3)5-6-14(10)17-11-4-7-15(19)13(16)9-11;1-2-4-6-8-7-5-3-1;5-4-2-1-3-6-4/h4,7,9-10,12,14H,5-6,8,16H2,1-3H3;1-8H2;1-3,5H. The first kappa shape index (κ1) is 26.9. The Balaban J connectivity index is 0.000000223. The van der Waals surface area contributed by atoms with Gasteiger partial charge in [-0.15, -0.1) is 0 Å². The van der Waals surface area contributed by atoms with Gasteiger partial charge in [-0.05, 0) is 63.6 Å². The minimum Gasteiger partial charge on any atom is -0.481 e. The summed E-state index contributed by atoms with van der Waals surface area (Å²) in [6.07, 6.45) is 21.8. The largest absolute Gasteiger partial charge is 0.481 e. The van der Waals surface area contributed by atoms with Crippen LogP contribution in [0.15, 0.2) is 51.7 Å². The Labute approximate surface area is 199 Å². The van der Waals surface area contributed by atoms with Crippen LogP contribution in [0.1, 0.15) is 77.6 Å². The zero-order valence-corrected chi connectivity index (χ0v) is 20.7. The minimum atomic E-state index is -0.122. The van der Waals surface area contributed by atoms with E-state index < -0.39 is 0 Å². The number of carbonyl (C=O) groups excluding carboxylic acids is 1. The van der Waals surface area contributed by atoms with Gasteiger partial charge in [0.25, 0.3) is 5.95 Å². The fourth-order valence-electron chi connectivity index (χ4n) is 4.50. The van der Waals surface area contributed by atoms with Gasteiger partial charge in [-0.2, -0.15) is 0 Å². The van der Waals surface area contributed by atoms with Crippen LogP contribution >= 0.6 is 0 Å². The molecule has 0 amide bonds. The van der Waals surface area contributed by atoms with Crippen LogP contribution < -0.4 is 5.73 Å². The summed E-state index contributed by atoms with van der Waals surface area (Å²) in [5.41, 5.74) is 6.76. The van der Waals surface area contributed by atoms with E-state index in [-0.39, 0.29) is 17.4 Å². The number of hydrogen-bond donors (Lipinski definition) is 2. The van der Waals surface area contributed by atoms with E-state index in [0.717, 1.165) is 12.1 Å². The molecule has 1 aromatic rings. The predicted octanol–water partition coefficient (Wildman–Crippen LogP) is 5.63. The van der Waals surface area contributed by atoms with Crippen molar-refractivity contribution >= 4 is 11.5 Å². The molecule has 1 aromatic heterocycles. The van der Waals surface area contributed by atoms with Crippen LogP contribution in [0.4, 0.5) is 0 Å². The summed E-state index contributed by atoms with van der Waals surface area (Å²) in [5, 5.41) is 8.31. The Kier molecular flexibility index (Phi) is 12.0. The van der Waals surface area contributed by atoms with Crippen molar-refractivity contribution in [3.63, 3.8) is 0 Å². The van der Waals surface area contributed by atoms with E-state index in [2.05, 4.69) is 30.3 Å². The van der Waals surface area contributed by atoms with Gasteiger partial charge >= 0.3 is 0 Å². The van der Waals surface area contributed by atoms with Crippen molar-refractivity contribution < 1.29 is 14.3 Å². The Hall–Kier alpha value is -2.34. The van der Waals surface area contributed by atoms with E-state index in [1.807, 2.05) is 0 Å². The molecule has 0 saturated heterocycles. The summed E-state index contributed by atoms with van der Waals surface area (Å²) in [6.45, 7) is 2.26. The number of ketones is 1. The van der Waals surface area contributed by atoms with Crippen LogP contribution in [0, 0.1) is 5.92 Å². The molecule has 3 aliphatic carbocycles. The molecule has 3 unspecified atom stereocenters. The van der Waals surface area contributed by atoms with Gasteiger partial charge in [0.15, 0.2) is 0 Å². The molecule has 0 radical (unpaired) electrons. The lowest BCUT2D eigenvalue weighted by molar-refractivity contribution is -0.111. The lowest BCUT2D eigenvalue weighted by atomic mass is 9.82. The summed E-state index contributed by atoms with van der Waals surface area (Å²) in [7, 11) is 4.28. The Morgan fingerprint density at radius 1 is 1.03 bits per heavy atom. The third-order valence-electron chi connectivity index (χ3n) is 6.64. The van der Waals surface area contributed by atoms with Gasteiger partial charge in [0.1, 0.15) is 0 Å². The number of nitrogens with zero attached hydrogens (tertiary/aromatic N) is 2. The highest BCUT2D eigenvalue weighted by Gasteiger charge is 2.28. The van der Waals surface area contributed by atoms with Crippen LogP contribution in [-0.4, -0.2) is 47.7 Å². The molecule has 0 aliphatic heterocycles.